The van der Waals surface area contributed by atoms with E-state index in [1.807, 2.05) is 0 Å². The van der Waals surface area contributed by atoms with Crippen molar-refractivity contribution < 1.29 is 14.8 Å². The lowest BCUT2D eigenvalue weighted by Gasteiger charge is -2.11. The van der Waals surface area contributed by atoms with Crippen molar-refractivity contribution in [3.8, 4) is 17.2 Å². The molecule has 8 heteroatoms. The van der Waals surface area contributed by atoms with Gasteiger partial charge in [-0.3, -0.25) is 19.5 Å². The van der Waals surface area contributed by atoms with Gasteiger partial charge in [0.05, 0.1) is 28.6 Å². The van der Waals surface area contributed by atoms with Crippen molar-refractivity contribution in [1.29, 1.82) is 0 Å². The molecule has 0 bridgehead atoms. The van der Waals surface area contributed by atoms with Gasteiger partial charge in [-0.15, -0.1) is 0 Å². The fraction of sp³-hybridized carbons (Fsp3) is 0.0435. The Labute approximate surface area is 176 Å². The highest BCUT2D eigenvalue weighted by atomic mass is 16.6. The maximum atomic E-state index is 13.3. The number of nitro benzene ring substituents is 1. The SMILES string of the molecule is COc1cccc(/C=C/c2nc3ccccc3c(=O)n2-c2cccc([N+](=O)[O-])c2)c1O. The molecule has 31 heavy (non-hydrogen) atoms. The first-order chi connectivity index (χ1) is 15.0. The van der Waals surface area contributed by atoms with Crippen molar-refractivity contribution in [3.63, 3.8) is 0 Å². The molecule has 0 amide bonds. The predicted molar refractivity (Wildman–Crippen MR) is 118 cm³/mol. The average Bonchev–Trinajstić information content (AvgIpc) is 2.78. The Morgan fingerprint density at radius 2 is 1.84 bits per heavy atom. The maximum absolute atomic E-state index is 13.3. The van der Waals surface area contributed by atoms with E-state index in [2.05, 4.69) is 4.98 Å². The zero-order chi connectivity index (χ0) is 22.0. The number of hydrogen-bond donors (Lipinski definition) is 1. The van der Waals surface area contributed by atoms with Gasteiger partial charge in [0.15, 0.2) is 11.5 Å². The van der Waals surface area contributed by atoms with E-state index in [4.69, 9.17) is 4.74 Å². The molecule has 1 heterocycles. The molecule has 0 aliphatic heterocycles. The van der Waals surface area contributed by atoms with Crippen LogP contribution in [-0.4, -0.2) is 26.7 Å². The Morgan fingerprint density at radius 1 is 1.06 bits per heavy atom. The van der Waals surface area contributed by atoms with Gasteiger partial charge in [-0.25, -0.2) is 4.98 Å². The van der Waals surface area contributed by atoms with Crippen LogP contribution in [0.5, 0.6) is 11.5 Å². The van der Waals surface area contributed by atoms with Crippen LogP contribution in [0, 0.1) is 10.1 Å². The standard InChI is InChI=1S/C23H17N3O5/c1-31-20-11-4-6-15(22(20)27)12-13-21-24-19-10-3-2-9-18(19)23(28)25(21)16-7-5-8-17(14-16)26(29)30/h2-14,27H,1H3/b13-12+. The average molecular weight is 415 g/mol. The van der Waals surface area contributed by atoms with Gasteiger partial charge in [0.2, 0.25) is 0 Å². The molecule has 0 saturated heterocycles. The lowest BCUT2D eigenvalue weighted by Crippen LogP contribution is -2.22. The number of nitrogens with zero attached hydrogens (tertiary/aromatic N) is 3. The lowest BCUT2D eigenvalue weighted by molar-refractivity contribution is -0.384. The molecule has 154 valence electrons. The first-order valence-corrected chi connectivity index (χ1v) is 9.30. The van der Waals surface area contributed by atoms with Gasteiger partial charge < -0.3 is 9.84 Å². The van der Waals surface area contributed by atoms with E-state index in [-0.39, 0.29) is 22.8 Å². The Morgan fingerprint density at radius 3 is 2.61 bits per heavy atom. The van der Waals surface area contributed by atoms with Crippen LogP contribution in [0.4, 0.5) is 5.69 Å². The second-order valence-electron chi connectivity index (χ2n) is 6.64. The van der Waals surface area contributed by atoms with Crippen molar-refractivity contribution in [2.45, 2.75) is 0 Å². The van der Waals surface area contributed by atoms with E-state index >= 15 is 0 Å². The largest absolute Gasteiger partial charge is 0.504 e. The van der Waals surface area contributed by atoms with Gasteiger partial charge in [0.1, 0.15) is 5.82 Å². The number of aromatic nitrogens is 2. The fourth-order valence-electron chi connectivity index (χ4n) is 3.26. The number of phenols is 1. The smallest absolute Gasteiger partial charge is 0.271 e. The summed E-state index contributed by atoms with van der Waals surface area (Å²) in [4.78, 5) is 28.5. The molecule has 4 aromatic rings. The number of nitro groups is 1. The summed E-state index contributed by atoms with van der Waals surface area (Å²) in [5.41, 5.74) is 0.765. The number of aromatic hydroxyl groups is 1. The van der Waals surface area contributed by atoms with Crippen LogP contribution in [0.1, 0.15) is 11.4 Å². The summed E-state index contributed by atoms with van der Waals surface area (Å²) in [6.45, 7) is 0. The highest BCUT2D eigenvalue weighted by molar-refractivity contribution is 5.80. The van der Waals surface area contributed by atoms with Crippen LogP contribution in [0.3, 0.4) is 0 Å². The zero-order valence-electron chi connectivity index (χ0n) is 16.4. The molecule has 0 aliphatic rings. The molecule has 0 radical (unpaired) electrons. The van der Waals surface area contributed by atoms with Gasteiger partial charge in [-0.2, -0.15) is 0 Å². The Bertz CT molecular complexity index is 1390. The van der Waals surface area contributed by atoms with E-state index in [0.717, 1.165) is 0 Å². The Hall–Kier alpha value is -4.46. The molecular weight excluding hydrogens is 398 g/mol. The monoisotopic (exact) mass is 415 g/mol. The normalized spacial score (nSPS) is 11.1. The zero-order valence-corrected chi connectivity index (χ0v) is 16.4. The number of hydrogen-bond acceptors (Lipinski definition) is 6. The number of methoxy groups -OCH3 is 1. The summed E-state index contributed by atoms with van der Waals surface area (Å²) in [7, 11) is 1.45. The number of non-ortho nitro benzene ring substituents is 1. The topological polar surface area (TPSA) is 107 Å². The highest BCUT2D eigenvalue weighted by Crippen LogP contribution is 2.30. The van der Waals surface area contributed by atoms with E-state index in [9.17, 15) is 20.0 Å². The highest BCUT2D eigenvalue weighted by Gasteiger charge is 2.14. The van der Waals surface area contributed by atoms with Crippen molar-refractivity contribution in [2.24, 2.45) is 0 Å². The summed E-state index contributed by atoms with van der Waals surface area (Å²) in [5, 5.41) is 21.9. The number of ether oxygens (including phenoxy) is 1. The molecule has 0 spiro atoms. The predicted octanol–water partition coefficient (Wildman–Crippen LogP) is 4.18. The minimum Gasteiger partial charge on any atom is -0.504 e. The summed E-state index contributed by atoms with van der Waals surface area (Å²) >= 11 is 0. The summed E-state index contributed by atoms with van der Waals surface area (Å²) in [6, 6.07) is 17.7. The number of phenolic OH excluding ortho intramolecular Hbond substituents is 1. The first-order valence-electron chi connectivity index (χ1n) is 9.30. The molecule has 0 saturated carbocycles. The Balaban J connectivity index is 1.95. The number of benzene rings is 3. The van der Waals surface area contributed by atoms with Crippen molar-refractivity contribution in [3.05, 3.63) is 98.6 Å². The molecule has 1 N–H and O–H groups in total. The van der Waals surface area contributed by atoms with Gasteiger partial charge in [-0.05, 0) is 36.4 Å². The summed E-state index contributed by atoms with van der Waals surface area (Å²) < 4.78 is 6.43. The van der Waals surface area contributed by atoms with Crippen LogP contribution < -0.4 is 10.3 Å². The summed E-state index contributed by atoms with van der Waals surface area (Å²) in [6.07, 6.45) is 3.17. The van der Waals surface area contributed by atoms with E-state index in [0.29, 0.717) is 27.9 Å². The molecule has 4 rings (SSSR count). The third-order valence-corrected chi connectivity index (χ3v) is 4.76. The Kier molecular flexibility index (Phi) is 5.19. The van der Waals surface area contributed by atoms with Crippen LogP contribution in [0.2, 0.25) is 0 Å². The molecule has 0 fully saturated rings. The van der Waals surface area contributed by atoms with Crippen molar-refractivity contribution in [1.82, 2.24) is 9.55 Å². The molecular formula is C23H17N3O5. The lowest BCUT2D eigenvalue weighted by atomic mass is 10.1. The maximum Gasteiger partial charge on any atom is 0.271 e. The van der Waals surface area contributed by atoms with Gasteiger partial charge in [-0.1, -0.05) is 30.3 Å². The van der Waals surface area contributed by atoms with E-state index in [1.165, 1.54) is 29.9 Å². The van der Waals surface area contributed by atoms with Gasteiger partial charge >= 0.3 is 0 Å². The van der Waals surface area contributed by atoms with Gasteiger partial charge in [0, 0.05) is 17.7 Å². The number of para-hydroxylation sites is 2. The second kappa shape index (κ2) is 8.11. The van der Waals surface area contributed by atoms with Crippen LogP contribution >= 0.6 is 0 Å². The summed E-state index contributed by atoms with van der Waals surface area (Å²) in [5.74, 6) is 0.516. The fourth-order valence-corrected chi connectivity index (χ4v) is 3.26. The molecule has 0 aliphatic carbocycles. The van der Waals surface area contributed by atoms with Gasteiger partial charge in [0.25, 0.3) is 11.2 Å². The van der Waals surface area contributed by atoms with Crippen molar-refractivity contribution >= 4 is 28.7 Å². The first kappa shape index (κ1) is 19.8. The number of rotatable bonds is 5. The third-order valence-electron chi connectivity index (χ3n) is 4.76. The molecule has 1 aromatic heterocycles. The van der Waals surface area contributed by atoms with Crippen LogP contribution in [-0.2, 0) is 0 Å². The number of fused-ring (bicyclic) bond motifs is 1. The molecule has 3 aromatic carbocycles. The van der Waals surface area contributed by atoms with E-state index < -0.39 is 4.92 Å². The molecule has 8 nitrogen and oxygen atoms in total. The quantitative estimate of drug-likeness (QED) is 0.387. The van der Waals surface area contributed by atoms with E-state index in [1.54, 1.807) is 60.7 Å². The third kappa shape index (κ3) is 3.74. The minimum absolute atomic E-state index is 0.0497. The molecule has 0 unspecified atom stereocenters. The molecule has 0 atom stereocenters. The minimum atomic E-state index is -0.521. The van der Waals surface area contributed by atoms with Crippen LogP contribution in [0.15, 0.2) is 71.5 Å². The van der Waals surface area contributed by atoms with Crippen LogP contribution in [0.25, 0.3) is 28.7 Å². The second-order valence-corrected chi connectivity index (χ2v) is 6.64. The van der Waals surface area contributed by atoms with Crippen molar-refractivity contribution in [2.75, 3.05) is 7.11 Å².